The van der Waals surface area contributed by atoms with Crippen molar-refractivity contribution in [2.45, 2.75) is 39.5 Å². The van der Waals surface area contributed by atoms with Crippen molar-refractivity contribution in [3.8, 4) is 0 Å². The van der Waals surface area contributed by atoms with E-state index in [-0.39, 0.29) is 12.3 Å². The molecule has 0 unspecified atom stereocenters. The molecule has 2 rings (SSSR count). The largest absolute Gasteiger partial charge is 0.475 e. The van der Waals surface area contributed by atoms with E-state index in [9.17, 15) is 9.59 Å². The van der Waals surface area contributed by atoms with Gasteiger partial charge in [0.15, 0.2) is 0 Å². The molecule has 0 fully saturated rings. The zero-order chi connectivity index (χ0) is 13.5. The second-order valence-electron chi connectivity index (χ2n) is 5.20. The van der Waals surface area contributed by atoms with E-state index in [2.05, 4.69) is 0 Å². The second-order valence-corrected chi connectivity index (χ2v) is 5.20. The Bertz CT molecular complexity index is 474. The fourth-order valence-electron chi connectivity index (χ4n) is 1.73. The van der Waals surface area contributed by atoms with Crippen molar-refractivity contribution in [3.63, 3.8) is 0 Å². The third-order valence-electron chi connectivity index (χ3n) is 2.45. The van der Waals surface area contributed by atoms with E-state index in [0.717, 1.165) is 5.56 Å². The number of carbonyl (C=O) groups excluding carboxylic acids is 1. The Morgan fingerprint density at radius 3 is 2.56 bits per heavy atom. The first kappa shape index (κ1) is 12.5. The molecule has 1 N–H and O–H groups in total. The number of ether oxygens (including phenoxy) is 1. The van der Waals surface area contributed by atoms with Gasteiger partial charge in [0.05, 0.1) is 13.1 Å². The van der Waals surface area contributed by atoms with E-state index in [4.69, 9.17) is 14.3 Å². The summed E-state index contributed by atoms with van der Waals surface area (Å²) in [7, 11) is 0. The third kappa shape index (κ3) is 2.47. The number of fused-ring (bicyclic) bond motifs is 1. The van der Waals surface area contributed by atoms with Crippen LogP contribution in [0.5, 0.6) is 0 Å². The van der Waals surface area contributed by atoms with Gasteiger partial charge in [0.2, 0.25) is 5.76 Å². The first-order chi connectivity index (χ1) is 8.26. The van der Waals surface area contributed by atoms with Crippen LogP contribution in [0.4, 0.5) is 4.79 Å². The Morgan fingerprint density at radius 2 is 2.06 bits per heavy atom. The van der Waals surface area contributed by atoms with Crippen LogP contribution in [0.3, 0.4) is 0 Å². The standard InChI is InChI=1S/C12H15NO5/c1-12(2,3)18-11(16)13-5-7-4-8(10(14)15)17-9(7)6-13/h4H,5-6H2,1-3H3,(H,14,15). The molecule has 0 saturated carbocycles. The van der Waals surface area contributed by atoms with Gasteiger partial charge in [0, 0.05) is 5.56 Å². The van der Waals surface area contributed by atoms with E-state index in [1.807, 2.05) is 0 Å². The smallest absolute Gasteiger partial charge is 0.411 e. The summed E-state index contributed by atoms with van der Waals surface area (Å²) < 4.78 is 10.4. The van der Waals surface area contributed by atoms with Crippen molar-refractivity contribution in [1.29, 1.82) is 0 Å². The summed E-state index contributed by atoms with van der Waals surface area (Å²) in [4.78, 5) is 24.0. The first-order valence-electron chi connectivity index (χ1n) is 5.59. The lowest BCUT2D eigenvalue weighted by Gasteiger charge is -2.23. The number of hydrogen-bond donors (Lipinski definition) is 1. The van der Waals surface area contributed by atoms with Gasteiger partial charge in [0.25, 0.3) is 0 Å². The monoisotopic (exact) mass is 253 g/mol. The number of amides is 1. The zero-order valence-corrected chi connectivity index (χ0v) is 10.5. The molecule has 6 heteroatoms. The molecule has 0 bridgehead atoms. The molecule has 1 aromatic heterocycles. The summed E-state index contributed by atoms with van der Waals surface area (Å²) in [5.74, 6) is -0.685. The predicted molar refractivity (Wildman–Crippen MR) is 61.1 cm³/mol. The van der Waals surface area contributed by atoms with Gasteiger partial charge < -0.3 is 14.3 Å². The lowest BCUT2D eigenvalue weighted by molar-refractivity contribution is 0.0233. The molecule has 1 aliphatic heterocycles. The van der Waals surface area contributed by atoms with Crippen LogP contribution in [-0.2, 0) is 17.8 Å². The van der Waals surface area contributed by atoms with Crippen LogP contribution in [0.25, 0.3) is 0 Å². The van der Waals surface area contributed by atoms with Gasteiger partial charge in [-0.25, -0.2) is 9.59 Å². The molecular weight excluding hydrogens is 238 g/mol. The number of rotatable bonds is 1. The highest BCUT2D eigenvalue weighted by atomic mass is 16.6. The number of carboxylic acids is 1. The molecule has 2 heterocycles. The molecule has 0 spiro atoms. The SMILES string of the molecule is CC(C)(C)OC(=O)N1Cc2cc(C(=O)O)oc2C1. The fraction of sp³-hybridized carbons (Fsp3) is 0.500. The predicted octanol–water partition coefficient (Wildman–Crippen LogP) is 2.23. The number of aromatic carboxylic acids is 1. The Labute approximate surface area is 104 Å². The van der Waals surface area contributed by atoms with E-state index < -0.39 is 17.7 Å². The average Bonchev–Trinajstić information content (AvgIpc) is 2.69. The molecule has 6 nitrogen and oxygen atoms in total. The number of nitrogens with zero attached hydrogens (tertiary/aromatic N) is 1. The van der Waals surface area contributed by atoms with Gasteiger partial charge in [-0.1, -0.05) is 0 Å². The van der Waals surface area contributed by atoms with Gasteiger partial charge in [0.1, 0.15) is 11.4 Å². The maximum atomic E-state index is 11.8. The van der Waals surface area contributed by atoms with Gasteiger partial charge >= 0.3 is 12.1 Å². The zero-order valence-electron chi connectivity index (χ0n) is 10.5. The van der Waals surface area contributed by atoms with E-state index in [0.29, 0.717) is 12.3 Å². The third-order valence-corrected chi connectivity index (χ3v) is 2.45. The molecule has 0 atom stereocenters. The van der Waals surface area contributed by atoms with Crippen molar-refractivity contribution in [2.75, 3.05) is 0 Å². The first-order valence-corrected chi connectivity index (χ1v) is 5.59. The summed E-state index contributed by atoms with van der Waals surface area (Å²) in [5.41, 5.74) is 0.172. The maximum Gasteiger partial charge on any atom is 0.411 e. The molecule has 18 heavy (non-hydrogen) atoms. The van der Waals surface area contributed by atoms with Crippen molar-refractivity contribution >= 4 is 12.1 Å². The summed E-state index contributed by atoms with van der Waals surface area (Å²) in [5, 5.41) is 8.77. The molecule has 98 valence electrons. The van der Waals surface area contributed by atoms with Crippen LogP contribution in [0.2, 0.25) is 0 Å². The van der Waals surface area contributed by atoms with Crippen molar-refractivity contribution in [1.82, 2.24) is 4.90 Å². The molecule has 1 amide bonds. The topological polar surface area (TPSA) is 80.0 Å². The fourth-order valence-corrected chi connectivity index (χ4v) is 1.73. The van der Waals surface area contributed by atoms with Crippen LogP contribution in [0.1, 0.15) is 42.6 Å². The molecule has 1 aliphatic rings. The van der Waals surface area contributed by atoms with Crippen LogP contribution in [0, 0.1) is 0 Å². The Balaban J connectivity index is 2.04. The quantitative estimate of drug-likeness (QED) is 0.830. The van der Waals surface area contributed by atoms with Crippen molar-refractivity contribution in [2.24, 2.45) is 0 Å². The van der Waals surface area contributed by atoms with Crippen molar-refractivity contribution in [3.05, 3.63) is 23.2 Å². The van der Waals surface area contributed by atoms with Gasteiger partial charge in [-0.05, 0) is 26.8 Å². The molecular formula is C12H15NO5. The minimum atomic E-state index is -1.10. The van der Waals surface area contributed by atoms with Crippen LogP contribution >= 0.6 is 0 Å². The highest BCUT2D eigenvalue weighted by molar-refractivity contribution is 5.85. The molecule has 0 aliphatic carbocycles. The Hall–Kier alpha value is -1.98. The molecule has 0 aromatic carbocycles. The Morgan fingerprint density at radius 1 is 1.39 bits per heavy atom. The minimum Gasteiger partial charge on any atom is -0.475 e. The summed E-state index contributed by atoms with van der Waals surface area (Å²) in [6.45, 7) is 5.95. The second kappa shape index (κ2) is 4.04. The van der Waals surface area contributed by atoms with E-state index in [1.165, 1.54) is 11.0 Å². The highest BCUT2D eigenvalue weighted by Crippen LogP contribution is 2.27. The van der Waals surface area contributed by atoms with Crippen LogP contribution in [0.15, 0.2) is 10.5 Å². The highest BCUT2D eigenvalue weighted by Gasteiger charge is 2.31. The van der Waals surface area contributed by atoms with E-state index >= 15 is 0 Å². The summed E-state index contributed by atoms with van der Waals surface area (Å²) in [6, 6.07) is 1.45. The van der Waals surface area contributed by atoms with Crippen LogP contribution < -0.4 is 0 Å². The number of carboxylic acid groups (broad SMARTS) is 1. The normalized spacial score (nSPS) is 14.5. The lowest BCUT2D eigenvalue weighted by Crippen LogP contribution is -2.33. The molecule has 0 saturated heterocycles. The van der Waals surface area contributed by atoms with Crippen molar-refractivity contribution < 1.29 is 23.8 Å². The van der Waals surface area contributed by atoms with Crippen LogP contribution in [-0.4, -0.2) is 27.7 Å². The number of furan rings is 1. The molecule has 0 radical (unpaired) electrons. The Kier molecular flexibility index (Phi) is 2.80. The maximum absolute atomic E-state index is 11.8. The summed E-state index contributed by atoms with van der Waals surface area (Å²) in [6.07, 6.45) is -0.425. The minimum absolute atomic E-state index is 0.0937. The molecule has 1 aromatic rings. The average molecular weight is 253 g/mol. The number of hydrogen-bond acceptors (Lipinski definition) is 4. The van der Waals surface area contributed by atoms with Gasteiger partial charge in [-0.2, -0.15) is 0 Å². The number of carbonyl (C=O) groups is 2. The lowest BCUT2D eigenvalue weighted by atomic mass is 10.2. The van der Waals surface area contributed by atoms with Gasteiger partial charge in [-0.15, -0.1) is 0 Å². The van der Waals surface area contributed by atoms with E-state index in [1.54, 1.807) is 20.8 Å². The van der Waals surface area contributed by atoms with Gasteiger partial charge in [-0.3, -0.25) is 4.90 Å². The summed E-state index contributed by atoms with van der Waals surface area (Å²) >= 11 is 0.